The molecule has 174 valence electrons. The van der Waals surface area contributed by atoms with Crippen molar-refractivity contribution < 1.29 is 23.3 Å². The van der Waals surface area contributed by atoms with Gasteiger partial charge in [0.25, 0.3) is 0 Å². The topological polar surface area (TPSA) is 117 Å². The van der Waals surface area contributed by atoms with Gasteiger partial charge in [0.15, 0.2) is 5.76 Å². The number of ether oxygens (including phenoxy) is 2. The van der Waals surface area contributed by atoms with E-state index in [9.17, 15) is 14.5 Å². The summed E-state index contributed by atoms with van der Waals surface area (Å²) in [6, 6.07) is 14.9. The molecular formula is C23H20FN5O5. The molecule has 3 heterocycles. The van der Waals surface area contributed by atoms with E-state index in [1.165, 1.54) is 23.0 Å². The van der Waals surface area contributed by atoms with Crippen LogP contribution >= 0.6 is 0 Å². The number of fused-ring (bicyclic) bond motifs is 1. The molecule has 1 aliphatic heterocycles. The van der Waals surface area contributed by atoms with E-state index in [-0.39, 0.29) is 18.2 Å². The maximum Gasteiger partial charge on any atom is 0.366 e. The number of nitrogens with one attached hydrogen (secondary N) is 1. The number of nitro groups is 1. The fourth-order valence-electron chi connectivity index (χ4n) is 3.66. The summed E-state index contributed by atoms with van der Waals surface area (Å²) in [6.07, 6.45) is 1.74. The SMILES string of the molecule is CC1(COc2ccc(-c3cc(COc4ccc(F)cc4)on3)cc2)Cc2ncc([N+](=O)[O-])n2N1. The molecule has 2 aromatic heterocycles. The van der Waals surface area contributed by atoms with Crippen LogP contribution in [0.2, 0.25) is 0 Å². The molecule has 0 aliphatic carbocycles. The molecule has 34 heavy (non-hydrogen) atoms. The molecule has 1 N–H and O–H groups in total. The van der Waals surface area contributed by atoms with Gasteiger partial charge in [-0.1, -0.05) is 5.16 Å². The zero-order chi connectivity index (χ0) is 23.7. The van der Waals surface area contributed by atoms with Crippen LogP contribution in [0, 0.1) is 15.9 Å². The van der Waals surface area contributed by atoms with Crippen molar-refractivity contribution in [1.82, 2.24) is 14.8 Å². The van der Waals surface area contributed by atoms with Gasteiger partial charge in [0.2, 0.25) is 5.82 Å². The van der Waals surface area contributed by atoms with Crippen molar-refractivity contribution in [3.05, 3.63) is 88.3 Å². The number of hydrogen-bond donors (Lipinski definition) is 1. The molecule has 0 saturated carbocycles. The van der Waals surface area contributed by atoms with Crippen molar-refractivity contribution in [2.75, 3.05) is 12.0 Å². The van der Waals surface area contributed by atoms with Gasteiger partial charge in [0.1, 0.15) is 48.0 Å². The summed E-state index contributed by atoms with van der Waals surface area (Å²) < 4.78 is 31.2. The molecule has 0 bridgehead atoms. The number of nitrogens with zero attached hydrogens (tertiary/aromatic N) is 4. The summed E-state index contributed by atoms with van der Waals surface area (Å²) in [5, 5.41) is 15.2. The maximum absolute atomic E-state index is 13.0. The van der Waals surface area contributed by atoms with Crippen molar-refractivity contribution in [3.63, 3.8) is 0 Å². The van der Waals surface area contributed by atoms with Gasteiger partial charge in [0.05, 0.1) is 6.42 Å². The van der Waals surface area contributed by atoms with Crippen LogP contribution in [-0.2, 0) is 13.0 Å². The molecule has 1 unspecified atom stereocenters. The van der Waals surface area contributed by atoms with Gasteiger partial charge >= 0.3 is 5.82 Å². The standard InChI is InChI=1S/C23H20FN5O5/c1-23(11-21-25-12-22(29(30)31)28(21)27-23)14-33-18-6-2-15(3-7-18)20-10-19(34-26-20)13-32-17-8-4-16(24)5-9-17/h2-10,12,27H,11,13-14H2,1H3. The minimum atomic E-state index is -0.529. The number of rotatable bonds is 8. The molecule has 0 saturated heterocycles. The van der Waals surface area contributed by atoms with E-state index in [0.29, 0.717) is 41.8 Å². The van der Waals surface area contributed by atoms with Gasteiger partial charge in [-0.05, 0) is 60.4 Å². The van der Waals surface area contributed by atoms with Crippen LogP contribution in [0.4, 0.5) is 10.2 Å². The van der Waals surface area contributed by atoms with Crippen LogP contribution < -0.4 is 14.9 Å². The number of halogens is 1. The van der Waals surface area contributed by atoms with E-state index in [2.05, 4.69) is 15.6 Å². The Morgan fingerprint density at radius 2 is 1.88 bits per heavy atom. The second kappa shape index (κ2) is 8.50. The lowest BCUT2D eigenvalue weighted by Gasteiger charge is -2.22. The minimum absolute atomic E-state index is 0.0990. The van der Waals surface area contributed by atoms with E-state index in [1.807, 2.05) is 31.2 Å². The Kier molecular flexibility index (Phi) is 5.36. The first-order valence-electron chi connectivity index (χ1n) is 10.4. The number of aromatic nitrogens is 3. The summed E-state index contributed by atoms with van der Waals surface area (Å²) in [5.41, 5.74) is 4.07. The second-order valence-electron chi connectivity index (χ2n) is 8.21. The van der Waals surface area contributed by atoms with Gasteiger partial charge in [-0.3, -0.25) is 0 Å². The largest absolute Gasteiger partial charge is 0.491 e. The third-order valence-electron chi connectivity index (χ3n) is 5.39. The minimum Gasteiger partial charge on any atom is -0.491 e. The fourth-order valence-corrected chi connectivity index (χ4v) is 3.66. The summed E-state index contributed by atoms with van der Waals surface area (Å²) >= 11 is 0. The normalized spacial score (nSPS) is 16.6. The molecule has 4 aromatic rings. The third kappa shape index (κ3) is 4.40. The maximum atomic E-state index is 13.0. The third-order valence-corrected chi connectivity index (χ3v) is 5.39. The predicted octanol–water partition coefficient (Wildman–Crippen LogP) is 4.10. The van der Waals surface area contributed by atoms with Gasteiger partial charge < -0.3 is 24.1 Å². The van der Waals surface area contributed by atoms with Gasteiger partial charge in [-0.2, -0.15) is 0 Å². The quantitative estimate of drug-likeness (QED) is 0.305. The molecule has 2 aromatic carbocycles. The second-order valence-corrected chi connectivity index (χ2v) is 8.21. The van der Waals surface area contributed by atoms with Crippen LogP contribution in [0.3, 0.4) is 0 Å². The van der Waals surface area contributed by atoms with Crippen LogP contribution in [0.5, 0.6) is 11.5 Å². The molecule has 10 nitrogen and oxygen atoms in total. The van der Waals surface area contributed by atoms with E-state index in [0.717, 1.165) is 5.56 Å². The lowest BCUT2D eigenvalue weighted by atomic mass is 10.0. The molecule has 1 aliphatic rings. The van der Waals surface area contributed by atoms with Crippen molar-refractivity contribution in [3.8, 4) is 22.8 Å². The summed E-state index contributed by atoms with van der Waals surface area (Å²) in [5.74, 6) is 1.88. The number of hydrogen-bond acceptors (Lipinski definition) is 8. The Morgan fingerprint density at radius 1 is 1.18 bits per heavy atom. The van der Waals surface area contributed by atoms with Crippen LogP contribution in [0.1, 0.15) is 18.5 Å². The van der Waals surface area contributed by atoms with Crippen molar-refractivity contribution in [1.29, 1.82) is 0 Å². The summed E-state index contributed by atoms with van der Waals surface area (Å²) in [4.78, 5) is 14.8. The summed E-state index contributed by atoms with van der Waals surface area (Å²) in [7, 11) is 0. The van der Waals surface area contributed by atoms with Gasteiger partial charge in [0, 0.05) is 11.6 Å². The Morgan fingerprint density at radius 3 is 2.62 bits per heavy atom. The monoisotopic (exact) mass is 465 g/mol. The highest BCUT2D eigenvalue weighted by molar-refractivity contribution is 5.59. The average Bonchev–Trinajstić information content (AvgIpc) is 3.52. The molecule has 0 spiro atoms. The first-order valence-corrected chi connectivity index (χ1v) is 10.4. The molecule has 5 rings (SSSR count). The Bertz CT molecular complexity index is 1320. The number of imidazole rings is 1. The van der Waals surface area contributed by atoms with E-state index < -0.39 is 10.5 Å². The lowest BCUT2D eigenvalue weighted by Crippen LogP contribution is -2.41. The first-order chi connectivity index (χ1) is 16.4. The van der Waals surface area contributed by atoms with Crippen molar-refractivity contribution >= 4 is 5.82 Å². The molecule has 11 heteroatoms. The average molecular weight is 465 g/mol. The van der Waals surface area contributed by atoms with Crippen LogP contribution in [0.25, 0.3) is 11.3 Å². The smallest absolute Gasteiger partial charge is 0.366 e. The highest BCUT2D eigenvalue weighted by Gasteiger charge is 2.41. The Hall–Kier alpha value is -4.41. The Labute approximate surface area is 193 Å². The van der Waals surface area contributed by atoms with Gasteiger partial charge in [-0.15, -0.1) is 4.68 Å². The molecule has 1 atom stereocenters. The molecule has 0 radical (unpaired) electrons. The predicted molar refractivity (Wildman–Crippen MR) is 119 cm³/mol. The van der Waals surface area contributed by atoms with Gasteiger partial charge in [-0.25, -0.2) is 14.8 Å². The zero-order valence-corrected chi connectivity index (χ0v) is 18.1. The van der Waals surface area contributed by atoms with E-state index >= 15 is 0 Å². The van der Waals surface area contributed by atoms with E-state index in [1.54, 1.807) is 18.2 Å². The molecule has 0 fully saturated rings. The van der Waals surface area contributed by atoms with E-state index in [4.69, 9.17) is 14.0 Å². The van der Waals surface area contributed by atoms with Crippen molar-refractivity contribution in [2.45, 2.75) is 25.5 Å². The van der Waals surface area contributed by atoms with Crippen LogP contribution in [0.15, 0.2) is 65.3 Å². The first kappa shape index (κ1) is 21.4. The molecular weight excluding hydrogens is 445 g/mol. The fraction of sp³-hybridized carbons (Fsp3) is 0.217. The number of benzene rings is 2. The highest BCUT2D eigenvalue weighted by Crippen LogP contribution is 2.28. The molecule has 0 amide bonds. The lowest BCUT2D eigenvalue weighted by molar-refractivity contribution is -0.391. The zero-order valence-electron chi connectivity index (χ0n) is 18.1. The Balaban J connectivity index is 1.17. The van der Waals surface area contributed by atoms with Crippen molar-refractivity contribution in [2.24, 2.45) is 0 Å². The van der Waals surface area contributed by atoms with Crippen LogP contribution in [-0.4, -0.2) is 31.9 Å². The highest BCUT2D eigenvalue weighted by atomic mass is 19.1. The summed E-state index contributed by atoms with van der Waals surface area (Å²) in [6.45, 7) is 2.38.